The van der Waals surface area contributed by atoms with E-state index in [9.17, 15) is 0 Å². The molecule has 14 heavy (non-hydrogen) atoms. The molecule has 0 atom stereocenters. The second kappa shape index (κ2) is 3.75. The van der Waals surface area contributed by atoms with Crippen LogP contribution in [0.1, 0.15) is 11.5 Å². The number of rotatable bonds is 2. The molecular formula is C9H9ClN4. The molecule has 2 heterocycles. The zero-order valence-electron chi connectivity index (χ0n) is 7.68. The van der Waals surface area contributed by atoms with Gasteiger partial charge in [-0.1, -0.05) is 11.6 Å². The Morgan fingerprint density at radius 2 is 2.00 bits per heavy atom. The minimum atomic E-state index is 0.440. The second-order valence-corrected chi connectivity index (χ2v) is 3.28. The summed E-state index contributed by atoms with van der Waals surface area (Å²) in [5, 5.41) is 0.440. The van der Waals surface area contributed by atoms with Crippen LogP contribution in [0, 0.1) is 0 Å². The van der Waals surface area contributed by atoms with Gasteiger partial charge in [0.15, 0.2) is 5.15 Å². The molecule has 0 aliphatic rings. The molecule has 0 bridgehead atoms. The molecule has 5 heteroatoms. The van der Waals surface area contributed by atoms with E-state index < -0.39 is 0 Å². The Balaban J connectivity index is 2.28. The van der Waals surface area contributed by atoms with Gasteiger partial charge in [0.2, 0.25) is 0 Å². The first-order chi connectivity index (χ1) is 6.77. The fourth-order valence-electron chi connectivity index (χ4n) is 1.19. The molecule has 2 aromatic rings. The lowest BCUT2D eigenvalue weighted by molar-refractivity contribution is 0.808. The molecule has 0 N–H and O–H groups in total. The molecule has 0 amide bonds. The van der Waals surface area contributed by atoms with Crippen molar-refractivity contribution in [2.45, 2.75) is 6.42 Å². The van der Waals surface area contributed by atoms with Crippen LogP contribution in [0.15, 0.2) is 24.8 Å². The van der Waals surface area contributed by atoms with Crippen molar-refractivity contribution in [1.82, 2.24) is 19.5 Å². The largest absolute Gasteiger partial charge is 0.338 e. The summed E-state index contributed by atoms with van der Waals surface area (Å²) < 4.78 is 1.94. The van der Waals surface area contributed by atoms with Crippen LogP contribution in [0.5, 0.6) is 0 Å². The molecular weight excluding hydrogens is 200 g/mol. The molecule has 0 radical (unpaired) electrons. The smallest absolute Gasteiger partial charge is 0.150 e. The van der Waals surface area contributed by atoms with Crippen LogP contribution in [0.2, 0.25) is 5.15 Å². The third-order valence-electron chi connectivity index (χ3n) is 1.97. The van der Waals surface area contributed by atoms with Crippen molar-refractivity contribution < 1.29 is 0 Å². The average Bonchev–Trinajstić information content (AvgIpc) is 2.56. The lowest BCUT2D eigenvalue weighted by Gasteiger charge is -2.01. The molecule has 0 aliphatic carbocycles. The molecule has 0 aromatic carbocycles. The zero-order valence-corrected chi connectivity index (χ0v) is 8.44. The van der Waals surface area contributed by atoms with Gasteiger partial charge in [-0.2, -0.15) is 0 Å². The van der Waals surface area contributed by atoms with Gasteiger partial charge in [-0.25, -0.2) is 9.97 Å². The summed E-state index contributed by atoms with van der Waals surface area (Å²) in [7, 11) is 1.94. The van der Waals surface area contributed by atoms with Crippen molar-refractivity contribution in [1.29, 1.82) is 0 Å². The van der Waals surface area contributed by atoms with Gasteiger partial charge in [0.1, 0.15) is 5.82 Å². The van der Waals surface area contributed by atoms with Crippen LogP contribution in [-0.2, 0) is 13.5 Å². The number of hydrogen-bond donors (Lipinski definition) is 0. The molecule has 0 saturated heterocycles. The summed E-state index contributed by atoms with van der Waals surface area (Å²) in [6, 6.07) is 0. The van der Waals surface area contributed by atoms with E-state index in [0.29, 0.717) is 11.6 Å². The SMILES string of the molecule is Cn1ccnc1Cc1nccnc1Cl. The first-order valence-corrected chi connectivity index (χ1v) is 4.57. The van der Waals surface area contributed by atoms with E-state index in [1.807, 2.05) is 17.8 Å². The summed E-state index contributed by atoms with van der Waals surface area (Å²) >= 11 is 5.88. The topological polar surface area (TPSA) is 43.6 Å². The van der Waals surface area contributed by atoms with E-state index in [4.69, 9.17) is 11.6 Å². The third-order valence-corrected chi connectivity index (χ3v) is 2.29. The molecule has 4 nitrogen and oxygen atoms in total. The maximum Gasteiger partial charge on any atom is 0.150 e. The Kier molecular flexibility index (Phi) is 2.45. The van der Waals surface area contributed by atoms with E-state index in [1.165, 1.54) is 0 Å². The van der Waals surface area contributed by atoms with Crippen LogP contribution < -0.4 is 0 Å². The number of nitrogens with zero attached hydrogens (tertiary/aromatic N) is 4. The number of hydrogen-bond acceptors (Lipinski definition) is 3. The summed E-state index contributed by atoms with van der Waals surface area (Å²) in [4.78, 5) is 12.3. The van der Waals surface area contributed by atoms with E-state index in [1.54, 1.807) is 18.6 Å². The number of halogens is 1. The zero-order chi connectivity index (χ0) is 9.97. The van der Waals surface area contributed by atoms with Gasteiger partial charge in [-0.3, -0.25) is 4.98 Å². The highest BCUT2D eigenvalue weighted by molar-refractivity contribution is 6.30. The molecule has 0 spiro atoms. The normalized spacial score (nSPS) is 10.4. The predicted octanol–water partition coefficient (Wildman–Crippen LogP) is 1.45. The molecule has 0 saturated carbocycles. The van der Waals surface area contributed by atoms with Crippen LogP contribution in [0.4, 0.5) is 0 Å². The average molecular weight is 209 g/mol. The van der Waals surface area contributed by atoms with Crippen molar-refractivity contribution >= 4 is 11.6 Å². The molecule has 0 fully saturated rings. The monoisotopic (exact) mass is 208 g/mol. The summed E-state index contributed by atoms with van der Waals surface area (Å²) in [6.45, 7) is 0. The highest BCUT2D eigenvalue weighted by Crippen LogP contribution is 2.12. The lowest BCUT2D eigenvalue weighted by atomic mass is 10.3. The summed E-state index contributed by atoms with van der Waals surface area (Å²) in [6.07, 6.45) is 7.45. The van der Waals surface area contributed by atoms with Crippen molar-refractivity contribution in [3.05, 3.63) is 41.5 Å². The Labute approximate surface area is 86.6 Å². The van der Waals surface area contributed by atoms with E-state index in [2.05, 4.69) is 15.0 Å². The highest BCUT2D eigenvalue weighted by atomic mass is 35.5. The second-order valence-electron chi connectivity index (χ2n) is 2.92. The first kappa shape index (κ1) is 9.15. The van der Waals surface area contributed by atoms with Crippen molar-refractivity contribution in [2.75, 3.05) is 0 Å². The predicted molar refractivity (Wildman–Crippen MR) is 53.1 cm³/mol. The third kappa shape index (κ3) is 1.75. The maximum absolute atomic E-state index is 5.88. The summed E-state index contributed by atoms with van der Waals surface area (Å²) in [5.41, 5.74) is 0.753. The Morgan fingerprint density at radius 1 is 1.21 bits per heavy atom. The van der Waals surface area contributed by atoms with Gasteiger partial charge in [-0.15, -0.1) is 0 Å². The summed E-state index contributed by atoms with van der Waals surface area (Å²) in [5.74, 6) is 0.924. The fraction of sp³-hybridized carbons (Fsp3) is 0.222. The van der Waals surface area contributed by atoms with Gasteiger partial charge in [0, 0.05) is 31.8 Å². The standard InChI is InChI=1S/C9H9ClN4/c1-14-5-4-12-8(14)6-7-9(10)13-3-2-11-7/h2-5H,6H2,1H3. The van der Waals surface area contributed by atoms with Gasteiger partial charge in [0.05, 0.1) is 12.1 Å². The van der Waals surface area contributed by atoms with Gasteiger partial charge in [0.25, 0.3) is 0 Å². The van der Waals surface area contributed by atoms with Gasteiger partial charge < -0.3 is 4.57 Å². The maximum atomic E-state index is 5.88. The molecule has 0 unspecified atom stereocenters. The van der Waals surface area contributed by atoms with Crippen LogP contribution >= 0.6 is 11.6 Å². The van der Waals surface area contributed by atoms with Crippen LogP contribution in [-0.4, -0.2) is 19.5 Å². The van der Waals surface area contributed by atoms with Crippen molar-refractivity contribution in [3.8, 4) is 0 Å². The minimum absolute atomic E-state index is 0.440. The number of imidazole rings is 1. The Bertz CT molecular complexity index is 438. The van der Waals surface area contributed by atoms with E-state index in [-0.39, 0.29) is 0 Å². The molecule has 2 rings (SSSR count). The van der Waals surface area contributed by atoms with Crippen LogP contribution in [0.25, 0.3) is 0 Å². The number of aromatic nitrogens is 4. The Hall–Kier alpha value is -1.42. The fourth-order valence-corrected chi connectivity index (χ4v) is 1.36. The first-order valence-electron chi connectivity index (χ1n) is 4.19. The van der Waals surface area contributed by atoms with Crippen LogP contribution in [0.3, 0.4) is 0 Å². The van der Waals surface area contributed by atoms with Gasteiger partial charge >= 0.3 is 0 Å². The minimum Gasteiger partial charge on any atom is -0.338 e. The number of aryl methyl sites for hydroxylation is 1. The molecule has 0 aliphatic heterocycles. The molecule has 2 aromatic heterocycles. The van der Waals surface area contributed by atoms with E-state index >= 15 is 0 Å². The van der Waals surface area contributed by atoms with Gasteiger partial charge in [-0.05, 0) is 0 Å². The van der Waals surface area contributed by atoms with E-state index in [0.717, 1.165) is 11.5 Å². The lowest BCUT2D eigenvalue weighted by Crippen LogP contribution is -2.01. The van der Waals surface area contributed by atoms with Crippen molar-refractivity contribution in [3.63, 3.8) is 0 Å². The quantitative estimate of drug-likeness (QED) is 0.751. The van der Waals surface area contributed by atoms with Crippen molar-refractivity contribution in [2.24, 2.45) is 7.05 Å². The Morgan fingerprint density at radius 3 is 2.64 bits per heavy atom. The highest BCUT2D eigenvalue weighted by Gasteiger charge is 2.06. The molecule has 72 valence electrons.